The standard InChI is InChI=1S/C23H19F3N6O2/c1-32-11-14(17(31-32)13-6-4-3-5-7-13)18-19-15(27-12-28-18)10-16(34-2)20(29-19)30-21(33)22(8-9-22)23(24,25)26/h3-7,10-12H,8-9H2,1-2H3,(H,29,30,33). The number of carbonyl (C=O) groups excluding carboxylic acids is 1. The van der Waals surface area contributed by atoms with Crippen LogP contribution in [-0.4, -0.2) is 43.9 Å². The van der Waals surface area contributed by atoms with Gasteiger partial charge in [-0.25, -0.2) is 15.0 Å². The second-order valence-electron chi connectivity index (χ2n) is 8.09. The van der Waals surface area contributed by atoms with Crippen LogP contribution < -0.4 is 10.1 Å². The second kappa shape index (κ2) is 7.79. The lowest BCUT2D eigenvalue weighted by atomic mass is 10.0. The molecule has 8 nitrogen and oxygen atoms in total. The first-order valence-electron chi connectivity index (χ1n) is 10.4. The van der Waals surface area contributed by atoms with E-state index in [9.17, 15) is 18.0 Å². The van der Waals surface area contributed by atoms with Gasteiger partial charge in [0, 0.05) is 30.4 Å². The average Bonchev–Trinajstić information content (AvgIpc) is 3.56. The Hall–Kier alpha value is -4.02. The number of ether oxygens (including phenoxy) is 1. The fourth-order valence-corrected chi connectivity index (χ4v) is 3.87. The second-order valence-corrected chi connectivity index (χ2v) is 8.09. The number of nitrogens with one attached hydrogen (secondary N) is 1. The Labute approximate surface area is 191 Å². The molecule has 1 saturated carbocycles. The van der Waals surface area contributed by atoms with E-state index in [2.05, 4.69) is 25.4 Å². The normalized spacial score (nSPS) is 14.7. The first-order chi connectivity index (χ1) is 16.2. The number of nitrogens with zero attached hydrogens (tertiary/aromatic N) is 5. The lowest BCUT2D eigenvalue weighted by Gasteiger charge is -2.19. The molecule has 1 aliphatic rings. The smallest absolute Gasteiger partial charge is 0.403 e. The van der Waals surface area contributed by atoms with Crippen LogP contribution in [0.5, 0.6) is 5.75 Å². The fraction of sp³-hybridized carbons (Fsp3) is 0.261. The number of pyridine rings is 1. The number of alkyl halides is 3. The Bertz CT molecular complexity index is 1400. The molecule has 34 heavy (non-hydrogen) atoms. The number of amides is 1. The fourth-order valence-electron chi connectivity index (χ4n) is 3.87. The maximum absolute atomic E-state index is 13.4. The number of methoxy groups -OCH3 is 1. The van der Waals surface area contributed by atoms with Crippen LogP contribution in [0.1, 0.15) is 12.8 Å². The Kier molecular flexibility index (Phi) is 4.99. The number of rotatable bonds is 5. The summed E-state index contributed by atoms with van der Waals surface area (Å²) < 4.78 is 47.2. The van der Waals surface area contributed by atoms with E-state index in [-0.39, 0.29) is 24.4 Å². The highest BCUT2D eigenvalue weighted by molar-refractivity contribution is 6.00. The first kappa shape index (κ1) is 21.8. The maximum atomic E-state index is 13.4. The van der Waals surface area contributed by atoms with Crippen molar-refractivity contribution >= 4 is 22.8 Å². The molecule has 0 saturated heterocycles. The maximum Gasteiger partial charge on any atom is 0.403 e. The zero-order valence-electron chi connectivity index (χ0n) is 18.2. The molecule has 0 unspecified atom stereocenters. The van der Waals surface area contributed by atoms with Crippen LogP contribution in [0, 0.1) is 5.41 Å². The molecule has 0 atom stereocenters. The van der Waals surface area contributed by atoms with Gasteiger partial charge in [0.1, 0.15) is 28.6 Å². The molecule has 0 spiro atoms. The van der Waals surface area contributed by atoms with Crippen LogP contribution in [0.15, 0.2) is 48.9 Å². The number of hydrogen-bond acceptors (Lipinski definition) is 6. The third-order valence-corrected chi connectivity index (χ3v) is 5.89. The number of anilines is 1. The summed E-state index contributed by atoms with van der Waals surface area (Å²) in [6, 6.07) is 11.0. The van der Waals surface area contributed by atoms with Crippen molar-refractivity contribution in [3.8, 4) is 28.3 Å². The Morgan fingerprint density at radius 3 is 2.53 bits per heavy atom. The SMILES string of the molecule is COc1cc2ncnc(-c3cn(C)nc3-c3ccccc3)c2nc1NC(=O)C1(C(F)(F)F)CC1. The van der Waals surface area contributed by atoms with Gasteiger partial charge in [-0.15, -0.1) is 0 Å². The molecule has 4 aromatic rings. The van der Waals surface area contributed by atoms with Crippen LogP contribution in [0.4, 0.5) is 19.0 Å². The minimum atomic E-state index is -4.64. The summed E-state index contributed by atoms with van der Waals surface area (Å²) in [5.74, 6) is -1.19. The molecule has 3 aromatic heterocycles. The third-order valence-electron chi connectivity index (χ3n) is 5.89. The molecule has 1 N–H and O–H groups in total. The van der Waals surface area contributed by atoms with Crippen molar-refractivity contribution in [2.24, 2.45) is 12.5 Å². The monoisotopic (exact) mass is 468 g/mol. The van der Waals surface area contributed by atoms with Gasteiger partial charge in [0.05, 0.1) is 12.6 Å². The number of carbonyl (C=O) groups is 1. The van der Waals surface area contributed by atoms with Crippen molar-refractivity contribution in [2.45, 2.75) is 19.0 Å². The predicted octanol–water partition coefficient (Wildman–Crippen LogP) is 4.38. The lowest BCUT2D eigenvalue weighted by Crippen LogP contribution is -2.37. The molecule has 1 aliphatic carbocycles. The highest BCUT2D eigenvalue weighted by atomic mass is 19.4. The number of hydrogen-bond donors (Lipinski definition) is 1. The topological polar surface area (TPSA) is 94.8 Å². The van der Waals surface area contributed by atoms with E-state index >= 15 is 0 Å². The van der Waals surface area contributed by atoms with E-state index in [1.165, 1.54) is 19.5 Å². The Morgan fingerprint density at radius 2 is 1.88 bits per heavy atom. The molecule has 174 valence electrons. The van der Waals surface area contributed by atoms with Crippen LogP contribution in [-0.2, 0) is 11.8 Å². The van der Waals surface area contributed by atoms with Gasteiger partial charge >= 0.3 is 6.18 Å². The molecule has 0 bridgehead atoms. The molecule has 5 rings (SSSR count). The zero-order valence-corrected chi connectivity index (χ0v) is 18.2. The highest BCUT2D eigenvalue weighted by Gasteiger charge is 2.68. The van der Waals surface area contributed by atoms with E-state index in [1.54, 1.807) is 17.9 Å². The zero-order chi connectivity index (χ0) is 24.1. The Morgan fingerprint density at radius 1 is 1.15 bits per heavy atom. The van der Waals surface area contributed by atoms with Gasteiger partial charge in [-0.3, -0.25) is 9.48 Å². The summed E-state index contributed by atoms with van der Waals surface area (Å²) in [6.45, 7) is 0. The average molecular weight is 468 g/mol. The van der Waals surface area contributed by atoms with Gasteiger partial charge in [0.15, 0.2) is 11.6 Å². The van der Waals surface area contributed by atoms with Gasteiger partial charge in [0.2, 0.25) is 5.91 Å². The van der Waals surface area contributed by atoms with Crippen molar-refractivity contribution in [3.05, 3.63) is 48.9 Å². The summed E-state index contributed by atoms with van der Waals surface area (Å²) in [5, 5.41) is 6.87. The van der Waals surface area contributed by atoms with Crippen molar-refractivity contribution < 1.29 is 22.7 Å². The largest absolute Gasteiger partial charge is 0.493 e. The van der Waals surface area contributed by atoms with Crippen LogP contribution in [0.3, 0.4) is 0 Å². The first-order valence-corrected chi connectivity index (χ1v) is 10.4. The number of aromatic nitrogens is 5. The van der Waals surface area contributed by atoms with E-state index in [4.69, 9.17) is 4.74 Å². The highest BCUT2D eigenvalue weighted by Crippen LogP contribution is 2.58. The molecule has 1 aromatic carbocycles. The summed E-state index contributed by atoms with van der Waals surface area (Å²) in [6.07, 6.45) is -2.03. The number of fused-ring (bicyclic) bond motifs is 1. The number of benzene rings is 1. The van der Waals surface area contributed by atoms with Gasteiger partial charge in [-0.05, 0) is 12.8 Å². The van der Waals surface area contributed by atoms with Gasteiger partial charge in [0.25, 0.3) is 0 Å². The molecule has 3 heterocycles. The van der Waals surface area contributed by atoms with E-state index in [1.807, 2.05) is 30.3 Å². The van der Waals surface area contributed by atoms with Crippen molar-refractivity contribution in [3.63, 3.8) is 0 Å². The summed E-state index contributed by atoms with van der Waals surface area (Å²) in [7, 11) is 3.11. The molecular weight excluding hydrogens is 449 g/mol. The van der Waals surface area contributed by atoms with E-state index < -0.39 is 17.5 Å². The minimum Gasteiger partial charge on any atom is -0.493 e. The molecule has 11 heteroatoms. The van der Waals surface area contributed by atoms with Crippen molar-refractivity contribution in [1.82, 2.24) is 24.7 Å². The molecular formula is C23H19F3N6O2. The van der Waals surface area contributed by atoms with E-state index in [0.717, 1.165) is 5.56 Å². The molecule has 1 fully saturated rings. The third kappa shape index (κ3) is 3.53. The van der Waals surface area contributed by atoms with E-state index in [0.29, 0.717) is 28.0 Å². The van der Waals surface area contributed by atoms with Gasteiger partial charge in [-0.2, -0.15) is 18.3 Å². The Balaban J connectivity index is 1.63. The van der Waals surface area contributed by atoms with Gasteiger partial charge in [-0.1, -0.05) is 30.3 Å². The molecule has 0 radical (unpaired) electrons. The molecule has 0 aliphatic heterocycles. The van der Waals surface area contributed by atoms with Crippen molar-refractivity contribution in [2.75, 3.05) is 12.4 Å². The van der Waals surface area contributed by atoms with Gasteiger partial charge < -0.3 is 10.1 Å². The summed E-state index contributed by atoms with van der Waals surface area (Å²) in [5.41, 5.74) is 0.888. The minimum absolute atomic E-state index is 0.0953. The van der Waals surface area contributed by atoms with Crippen LogP contribution in [0.2, 0.25) is 0 Å². The summed E-state index contributed by atoms with van der Waals surface area (Å²) >= 11 is 0. The number of aryl methyl sites for hydroxylation is 1. The van der Waals surface area contributed by atoms with Crippen LogP contribution >= 0.6 is 0 Å². The lowest BCUT2D eigenvalue weighted by molar-refractivity contribution is -0.189. The quantitative estimate of drug-likeness (QED) is 0.467. The molecule has 1 amide bonds. The number of halogens is 3. The van der Waals surface area contributed by atoms with Crippen LogP contribution in [0.25, 0.3) is 33.5 Å². The predicted molar refractivity (Wildman–Crippen MR) is 118 cm³/mol. The summed E-state index contributed by atoms with van der Waals surface area (Å²) in [4.78, 5) is 25.6. The van der Waals surface area contributed by atoms with Crippen molar-refractivity contribution in [1.29, 1.82) is 0 Å².